The molecule has 158 valence electrons. The van der Waals surface area contributed by atoms with Crippen LogP contribution in [-0.2, 0) is 13.0 Å². The first-order chi connectivity index (χ1) is 14.9. The second-order valence-corrected chi connectivity index (χ2v) is 8.13. The lowest BCUT2D eigenvalue weighted by atomic mass is 9.99. The van der Waals surface area contributed by atoms with Crippen molar-refractivity contribution in [3.05, 3.63) is 99.1 Å². The molecular weight excluding hydrogens is 390 g/mol. The monoisotopic (exact) mass is 415 g/mol. The summed E-state index contributed by atoms with van der Waals surface area (Å²) in [5.41, 5.74) is 5.05. The number of nitrogens with zero attached hydrogens (tertiary/aromatic N) is 2. The average molecular weight is 415 g/mol. The Morgan fingerprint density at radius 1 is 1.03 bits per heavy atom. The highest BCUT2D eigenvalue weighted by Gasteiger charge is 2.25. The van der Waals surface area contributed by atoms with Crippen molar-refractivity contribution < 1.29 is 9.72 Å². The molecule has 0 aromatic heterocycles. The number of nitro groups is 1. The third-order valence-electron chi connectivity index (χ3n) is 5.74. The zero-order valence-corrected chi connectivity index (χ0v) is 17.7. The van der Waals surface area contributed by atoms with Gasteiger partial charge in [-0.1, -0.05) is 50.2 Å². The largest absolute Gasteiger partial charge is 0.361 e. The maximum atomic E-state index is 12.7. The van der Waals surface area contributed by atoms with Gasteiger partial charge in [-0.05, 0) is 53.3 Å². The molecule has 1 aliphatic heterocycles. The van der Waals surface area contributed by atoms with Crippen LogP contribution in [0.15, 0.2) is 66.7 Å². The maximum Gasteiger partial charge on any atom is 0.293 e. The zero-order chi connectivity index (χ0) is 22.0. The van der Waals surface area contributed by atoms with Crippen molar-refractivity contribution in [3.8, 4) is 0 Å². The number of nitro benzene ring substituents is 1. The molecule has 0 atom stereocenters. The van der Waals surface area contributed by atoms with Gasteiger partial charge in [-0.2, -0.15) is 0 Å². The van der Waals surface area contributed by atoms with E-state index >= 15 is 0 Å². The lowest BCUT2D eigenvalue weighted by molar-refractivity contribution is -0.384. The van der Waals surface area contributed by atoms with E-state index in [9.17, 15) is 14.9 Å². The van der Waals surface area contributed by atoms with Crippen LogP contribution in [0.1, 0.15) is 46.8 Å². The van der Waals surface area contributed by atoms with Crippen LogP contribution in [0, 0.1) is 10.1 Å². The first-order valence-electron chi connectivity index (χ1n) is 10.4. The summed E-state index contributed by atoms with van der Waals surface area (Å²) in [5.74, 6) is 0.0395. The number of fused-ring (bicyclic) bond motifs is 1. The first kappa shape index (κ1) is 20.6. The summed E-state index contributed by atoms with van der Waals surface area (Å²) < 4.78 is 0. The summed E-state index contributed by atoms with van der Waals surface area (Å²) >= 11 is 0. The maximum absolute atomic E-state index is 12.7. The molecule has 1 heterocycles. The number of carbonyl (C=O) groups is 1. The SMILES string of the molecule is CC(C)c1ccc(NC(=O)c2ccc(N3CCc4ccccc4C3)c([N+](=O)[O-])c2)cc1. The summed E-state index contributed by atoms with van der Waals surface area (Å²) in [6.07, 6.45) is 0.835. The molecule has 6 heteroatoms. The van der Waals surface area contributed by atoms with E-state index in [0.717, 1.165) is 6.42 Å². The number of benzene rings is 3. The lowest BCUT2D eigenvalue weighted by Gasteiger charge is -2.30. The van der Waals surface area contributed by atoms with Gasteiger partial charge >= 0.3 is 0 Å². The number of amides is 1. The highest BCUT2D eigenvalue weighted by atomic mass is 16.6. The van der Waals surface area contributed by atoms with E-state index in [1.807, 2.05) is 41.3 Å². The van der Waals surface area contributed by atoms with E-state index in [-0.39, 0.29) is 17.2 Å². The molecule has 6 nitrogen and oxygen atoms in total. The van der Waals surface area contributed by atoms with Crippen LogP contribution in [0.2, 0.25) is 0 Å². The minimum Gasteiger partial charge on any atom is -0.361 e. The number of nitrogens with one attached hydrogen (secondary N) is 1. The van der Waals surface area contributed by atoms with Crippen LogP contribution in [-0.4, -0.2) is 17.4 Å². The van der Waals surface area contributed by atoms with Crippen molar-refractivity contribution in [3.63, 3.8) is 0 Å². The van der Waals surface area contributed by atoms with E-state index in [2.05, 4.69) is 31.3 Å². The van der Waals surface area contributed by atoms with Crippen LogP contribution in [0.5, 0.6) is 0 Å². The van der Waals surface area contributed by atoms with Crippen LogP contribution < -0.4 is 10.2 Å². The molecule has 0 spiro atoms. The van der Waals surface area contributed by atoms with Crippen molar-refractivity contribution >= 4 is 23.0 Å². The fourth-order valence-corrected chi connectivity index (χ4v) is 3.93. The average Bonchev–Trinajstić information content (AvgIpc) is 2.78. The molecule has 0 aliphatic carbocycles. The molecule has 0 saturated carbocycles. The normalized spacial score (nSPS) is 13.1. The Hall–Kier alpha value is -3.67. The second-order valence-electron chi connectivity index (χ2n) is 8.13. The highest BCUT2D eigenvalue weighted by molar-refractivity contribution is 6.05. The van der Waals surface area contributed by atoms with Crippen molar-refractivity contribution in [2.75, 3.05) is 16.8 Å². The molecule has 0 unspecified atom stereocenters. The van der Waals surface area contributed by atoms with Crippen LogP contribution >= 0.6 is 0 Å². The fraction of sp³-hybridized carbons (Fsp3) is 0.240. The van der Waals surface area contributed by atoms with Crippen molar-refractivity contribution in [2.45, 2.75) is 32.7 Å². The Balaban J connectivity index is 1.56. The summed E-state index contributed by atoms with van der Waals surface area (Å²) in [7, 11) is 0. The predicted molar refractivity (Wildman–Crippen MR) is 123 cm³/mol. The Bertz CT molecular complexity index is 1120. The van der Waals surface area contributed by atoms with Gasteiger partial charge in [-0.25, -0.2) is 0 Å². The van der Waals surface area contributed by atoms with Crippen LogP contribution in [0.3, 0.4) is 0 Å². The van der Waals surface area contributed by atoms with Crippen LogP contribution in [0.4, 0.5) is 17.1 Å². The van der Waals surface area contributed by atoms with E-state index in [0.29, 0.717) is 30.4 Å². The van der Waals surface area contributed by atoms with E-state index in [1.165, 1.54) is 22.8 Å². The number of carbonyl (C=O) groups excluding carboxylic acids is 1. The van der Waals surface area contributed by atoms with Gasteiger partial charge in [0.15, 0.2) is 0 Å². The van der Waals surface area contributed by atoms with Gasteiger partial charge in [0, 0.05) is 30.4 Å². The van der Waals surface area contributed by atoms with E-state index < -0.39 is 4.92 Å². The molecule has 1 N–H and O–H groups in total. The Kier molecular flexibility index (Phi) is 5.71. The third-order valence-corrected chi connectivity index (χ3v) is 5.74. The molecule has 3 aromatic carbocycles. The molecule has 0 fully saturated rings. The molecule has 0 saturated heterocycles. The number of rotatable bonds is 5. The quantitative estimate of drug-likeness (QED) is 0.439. The zero-order valence-electron chi connectivity index (χ0n) is 17.7. The minimum absolute atomic E-state index is 0.0535. The van der Waals surface area contributed by atoms with Gasteiger partial charge in [0.2, 0.25) is 0 Å². The highest BCUT2D eigenvalue weighted by Crippen LogP contribution is 2.33. The number of hydrogen-bond donors (Lipinski definition) is 1. The lowest BCUT2D eigenvalue weighted by Crippen LogP contribution is -2.30. The van der Waals surface area contributed by atoms with Gasteiger partial charge in [0.1, 0.15) is 5.69 Å². The molecule has 31 heavy (non-hydrogen) atoms. The summed E-state index contributed by atoms with van der Waals surface area (Å²) in [6, 6.07) is 20.5. The molecule has 4 rings (SSSR count). The van der Waals surface area contributed by atoms with E-state index in [1.54, 1.807) is 12.1 Å². The molecule has 0 bridgehead atoms. The number of hydrogen-bond acceptors (Lipinski definition) is 4. The topological polar surface area (TPSA) is 75.5 Å². The summed E-state index contributed by atoms with van der Waals surface area (Å²) in [4.78, 5) is 26.1. The van der Waals surface area contributed by atoms with Gasteiger partial charge < -0.3 is 10.2 Å². The van der Waals surface area contributed by atoms with Gasteiger partial charge in [-0.15, -0.1) is 0 Å². The smallest absolute Gasteiger partial charge is 0.293 e. The number of anilines is 2. The first-order valence-corrected chi connectivity index (χ1v) is 10.4. The van der Waals surface area contributed by atoms with Gasteiger partial charge in [0.05, 0.1) is 4.92 Å². The van der Waals surface area contributed by atoms with Crippen molar-refractivity contribution in [1.82, 2.24) is 0 Å². The minimum atomic E-state index is -0.413. The molecule has 3 aromatic rings. The molecule has 1 amide bonds. The predicted octanol–water partition coefficient (Wildman–Crippen LogP) is 5.53. The van der Waals surface area contributed by atoms with Crippen molar-refractivity contribution in [1.29, 1.82) is 0 Å². The molecule has 1 aliphatic rings. The summed E-state index contributed by atoms with van der Waals surface area (Å²) in [6.45, 7) is 5.53. The van der Waals surface area contributed by atoms with Gasteiger partial charge in [-0.3, -0.25) is 14.9 Å². The Morgan fingerprint density at radius 3 is 2.42 bits per heavy atom. The fourth-order valence-electron chi connectivity index (χ4n) is 3.93. The standard InChI is InChI=1S/C25H25N3O3/c1-17(2)18-7-10-22(11-8-18)26-25(29)20-9-12-23(24(15-20)28(30)31)27-14-13-19-5-3-4-6-21(19)16-27/h3-12,15,17H,13-14,16H2,1-2H3,(H,26,29). The Labute approximate surface area is 181 Å². The molecular formula is C25H25N3O3. The van der Waals surface area contributed by atoms with Crippen LogP contribution in [0.25, 0.3) is 0 Å². The van der Waals surface area contributed by atoms with Gasteiger partial charge in [0.25, 0.3) is 11.6 Å². The third kappa shape index (κ3) is 4.43. The molecule has 0 radical (unpaired) electrons. The second kappa shape index (κ2) is 8.60. The Morgan fingerprint density at radius 2 is 1.74 bits per heavy atom. The summed E-state index contributed by atoms with van der Waals surface area (Å²) in [5, 5.41) is 14.6. The van der Waals surface area contributed by atoms with E-state index in [4.69, 9.17) is 0 Å². The van der Waals surface area contributed by atoms with Crippen molar-refractivity contribution in [2.24, 2.45) is 0 Å².